The number of rotatable bonds is 4. The van der Waals surface area contributed by atoms with Gasteiger partial charge >= 0.3 is 0 Å². The van der Waals surface area contributed by atoms with Gasteiger partial charge in [0.15, 0.2) is 0 Å². The Morgan fingerprint density at radius 1 is 1.38 bits per heavy atom. The van der Waals surface area contributed by atoms with Crippen LogP contribution in [-0.2, 0) is 4.79 Å². The van der Waals surface area contributed by atoms with Gasteiger partial charge < -0.3 is 10.0 Å². The number of nitrogens with zero attached hydrogens (tertiary/aromatic N) is 1. The fourth-order valence-corrected chi connectivity index (χ4v) is 1.43. The Bertz CT molecular complexity index is 168. The van der Waals surface area contributed by atoms with E-state index in [1.165, 1.54) is 13.8 Å². The van der Waals surface area contributed by atoms with Crippen molar-refractivity contribution in [2.24, 2.45) is 0 Å². The van der Waals surface area contributed by atoms with Crippen molar-refractivity contribution in [3.8, 4) is 0 Å². The zero-order chi connectivity index (χ0) is 10.6. The molecule has 3 nitrogen and oxygen atoms in total. The SMILES string of the molecule is CCC(CC)N(C)C(=O)C(C)(C)O. The maximum atomic E-state index is 11.6. The number of likely N-dealkylation sites (N-methyl/N-ethyl adjacent to an activating group) is 1. The van der Waals surface area contributed by atoms with Crippen molar-refractivity contribution in [1.29, 1.82) is 0 Å². The van der Waals surface area contributed by atoms with Gasteiger partial charge in [0.2, 0.25) is 0 Å². The molecule has 0 aromatic rings. The van der Waals surface area contributed by atoms with Gasteiger partial charge in [-0.25, -0.2) is 0 Å². The molecule has 0 aliphatic heterocycles. The summed E-state index contributed by atoms with van der Waals surface area (Å²) >= 11 is 0. The summed E-state index contributed by atoms with van der Waals surface area (Å²) in [5, 5.41) is 9.51. The number of amides is 1. The predicted molar refractivity (Wildman–Crippen MR) is 53.4 cm³/mol. The van der Waals surface area contributed by atoms with Crippen LogP contribution in [0.15, 0.2) is 0 Å². The second kappa shape index (κ2) is 4.61. The molecule has 0 fully saturated rings. The van der Waals surface area contributed by atoms with Gasteiger partial charge in [-0.3, -0.25) is 4.79 Å². The molecule has 3 heteroatoms. The number of hydrogen-bond acceptors (Lipinski definition) is 2. The maximum Gasteiger partial charge on any atom is 0.253 e. The third-order valence-electron chi connectivity index (χ3n) is 2.33. The van der Waals surface area contributed by atoms with Gasteiger partial charge in [-0.1, -0.05) is 13.8 Å². The monoisotopic (exact) mass is 187 g/mol. The molecule has 0 unspecified atom stereocenters. The van der Waals surface area contributed by atoms with Gasteiger partial charge in [0.25, 0.3) is 5.91 Å². The average molecular weight is 187 g/mol. The first-order valence-corrected chi connectivity index (χ1v) is 4.84. The highest BCUT2D eigenvalue weighted by Gasteiger charge is 2.29. The minimum Gasteiger partial charge on any atom is -0.381 e. The second-order valence-corrected chi connectivity index (χ2v) is 3.95. The number of aliphatic hydroxyl groups is 1. The lowest BCUT2D eigenvalue weighted by molar-refractivity contribution is -0.148. The molecule has 1 amide bonds. The van der Waals surface area contributed by atoms with Gasteiger partial charge in [-0.2, -0.15) is 0 Å². The normalized spacial score (nSPS) is 11.9. The van der Waals surface area contributed by atoms with E-state index in [1.807, 2.05) is 13.8 Å². The summed E-state index contributed by atoms with van der Waals surface area (Å²) in [4.78, 5) is 13.2. The molecule has 0 aliphatic rings. The zero-order valence-electron chi connectivity index (χ0n) is 9.29. The Kier molecular flexibility index (Phi) is 4.40. The van der Waals surface area contributed by atoms with Crippen LogP contribution < -0.4 is 0 Å². The van der Waals surface area contributed by atoms with E-state index in [-0.39, 0.29) is 11.9 Å². The van der Waals surface area contributed by atoms with E-state index in [1.54, 1.807) is 11.9 Å². The van der Waals surface area contributed by atoms with Crippen LogP contribution in [0.1, 0.15) is 40.5 Å². The number of carbonyl (C=O) groups excluding carboxylic acids is 1. The van der Waals surface area contributed by atoms with Crippen molar-refractivity contribution >= 4 is 5.91 Å². The summed E-state index contributed by atoms with van der Waals surface area (Å²) in [7, 11) is 1.75. The highest BCUT2D eigenvalue weighted by atomic mass is 16.3. The van der Waals surface area contributed by atoms with E-state index in [0.717, 1.165) is 12.8 Å². The lowest BCUT2D eigenvalue weighted by atomic mass is 10.1. The van der Waals surface area contributed by atoms with Crippen LogP contribution in [0.5, 0.6) is 0 Å². The largest absolute Gasteiger partial charge is 0.381 e. The van der Waals surface area contributed by atoms with E-state index >= 15 is 0 Å². The van der Waals surface area contributed by atoms with Crippen LogP contribution in [0.3, 0.4) is 0 Å². The van der Waals surface area contributed by atoms with Crippen LogP contribution in [0, 0.1) is 0 Å². The molecule has 0 aliphatic carbocycles. The molecule has 0 bridgehead atoms. The number of carbonyl (C=O) groups is 1. The van der Waals surface area contributed by atoms with Crippen molar-refractivity contribution < 1.29 is 9.90 Å². The van der Waals surface area contributed by atoms with Crippen molar-refractivity contribution in [2.45, 2.75) is 52.2 Å². The van der Waals surface area contributed by atoms with Gasteiger partial charge in [-0.05, 0) is 26.7 Å². The Labute approximate surface area is 80.7 Å². The van der Waals surface area contributed by atoms with Crippen molar-refractivity contribution in [3.63, 3.8) is 0 Å². The van der Waals surface area contributed by atoms with Crippen LogP contribution in [-0.4, -0.2) is 34.6 Å². The number of hydrogen-bond donors (Lipinski definition) is 1. The minimum absolute atomic E-state index is 0.207. The van der Waals surface area contributed by atoms with E-state index in [4.69, 9.17) is 0 Å². The zero-order valence-corrected chi connectivity index (χ0v) is 9.29. The highest BCUT2D eigenvalue weighted by molar-refractivity contribution is 5.84. The third kappa shape index (κ3) is 3.35. The Morgan fingerprint density at radius 2 is 1.77 bits per heavy atom. The third-order valence-corrected chi connectivity index (χ3v) is 2.33. The lowest BCUT2D eigenvalue weighted by Gasteiger charge is -2.31. The Morgan fingerprint density at radius 3 is 2.00 bits per heavy atom. The quantitative estimate of drug-likeness (QED) is 0.722. The molecule has 13 heavy (non-hydrogen) atoms. The van der Waals surface area contributed by atoms with Gasteiger partial charge in [0.05, 0.1) is 0 Å². The predicted octanol–water partition coefficient (Wildman–Crippen LogP) is 1.40. The van der Waals surface area contributed by atoms with Crippen LogP contribution in [0.25, 0.3) is 0 Å². The van der Waals surface area contributed by atoms with E-state index in [2.05, 4.69) is 0 Å². The van der Waals surface area contributed by atoms with Crippen molar-refractivity contribution in [2.75, 3.05) is 7.05 Å². The molecule has 0 heterocycles. The summed E-state index contributed by atoms with van der Waals surface area (Å²) in [5.74, 6) is -0.207. The topological polar surface area (TPSA) is 40.5 Å². The first-order valence-electron chi connectivity index (χ1n) is 4.84. The first-order chi connectivity index (χ1) is 5.84. The highest BCUT2D eigenvalue weighted by Crippen LogP contribution is 2.12. The summed E-state index contributed by atoms with van der Waals surface area (Å²) in [6.45, 7) is 7.13. The molecule has 1 N–H and O–H groups in total. The molecule has 0 saturated heterocycles. The molecule has 0 aromatic heterocycles. The Hall–Kier alpha value is -0.570. The van der Waals surface area contributed by atoms with Gasteiger partial charge in [0.1, 0.15) is 5.60 Å². The van der Waals surface area contributed by atoms with Crippen LogP contribution >= 0.6 is 0 Å². The van der Waals surface area contributed by atoms with Gasteiger partial charge in [0, 0.05) is 13.1 Å². The summed E-state index contributed by atoms with van der Waals surface area (Å²) in [6, 6.07) is 0.235. The van der Waals surface area contributed by atoms with E-state index < -0.39 is 5.60 Å². The minimum atomic E-state index is -1.25. The van der Waals surface area contributed by atoms with Crippen LogP contribution in [0.4, 0.5) is 0 Å². The summed E-state index contributed by atoms with van der Waals surface area (Å²) in [5.41, 5.74) is -1.25. The molecule has 0 rings (SSSR count). The van der Waals surface area contributed by atoms with Gasteiger partial charge in [-0.15, -0.1) is 0 Å². The average Bonchev–Trinajstić information content (AvgIpc) is 2.03. The molecular weight excluding hydrogens is 166 g/mol. The molecule has 0 saturated carbocycles. The molecule has 0 atom stereocenters. The van der Waals surface area contributed by atoms with Crippen molar-refractivity contribution in [1.82, 2.24) is 4.90 Å². The summed E-state index contributed by atoms with van der Waals surface area (Å²) < 4.78 is 0. The molecular formula is C10H21NO2. The fourth-order valence-electron chi connectivity index (χ4n) is 1.43. The first kappa shape index (κ1) is 12.4. The van der Waals surface area contributed by atoms with E-state index in [9.17, 15) is 9.90 Å². The second-order valence-electron chi connectivity index (χ2n) is 3.95. The van der Waals surface area contributed by atoms with E-state index in [0.29, 0.717) is 0 Å². The standard InChI is InChI=1S/C10H21NO2/c1-6-8(7-2)11(5)9(12)10(3,4)13/h8,13H,6-7H2,1-5H3. The maximum absolute atomic E-state index is 11.6. The lowest BCUT2D eigenvalue weighted by Crippen LogP contribution is -2.47. The fraction of sp³-hybridized carbons (Fsp3) is 0.900. The van der Waals surface area contributed by atoms with Crippen LogP contribution in [0.2, 0.25) is 0 Å². The molecule has 0 radical (unpaired) electrons. The van der Waals surface area contributed by atoms with Crippen molar-refractivity contribution in [3.05, 3.63) is 0 Å². The molecule has 78 valence electrons. The Balaban J connectivity index is 4.41. The smallest absolute Gasteiger partial charge is 0.253 e. The summed E-state index contributed by atoms with van der Waals surface area (Å²) in [6.07, 6.45) is 1.85. The molecule has 0 aromatic carbocycles. The molecule has 0 spiro atoms.